The highest BCUT2D eigenvalue weighted by Crippen LogP contribution is 2.19. The van der Waals surface area contributed by atoms with Crippen LogP contribution in [0.1, 0.15) is 24.3 Å². The van der Waals surface area contributed by atoms with E-state index in [4.69, 9.17) is 9.26 Å². The minimum absolute atomic E-state index is 0.152. The number of aromatic nitrogens is 1. The number of aryl methyl sites for hydroxylation is 2. The van der Waals surface area contributed by atoms with Crippen molar-refractivity contribution < 1.29 is 17.7 Å². The molecule has 1 atom stereocenters. The summed E-state index contributed by atoms with van der Waals surface area (Å²) in [5.74, 6) is 0.564. The highest BCUT2D eigenvalue weighted by molar-refractivity contribution is 7.89. The molecule has 102 valence electrons. The second kappa shape index (κ2) is 5.38. The summed E-state index contributed by atoms with van der Waals surface area (Å²) < 4.78 is 37.1. The van der Waals surface area contributed by atoms with Crippen molar-refractivity contribution in [2.45, 2.75) is 31.6 Å². The van der Waals surface area contributed by atoms with Gasteiger partial charge in [0.05, 0.1) is 6.61 Å². The maximum Gasteiger partial charge on any atom is 0.245 e. The van der Waals surface area contributed by atoms with Crippen molar-refractivity contribution in [3.8, 4) is 0 Å². The number of nitrogens with zero attached hydrogens (tertiary/aromatic N) is 1. The van der Waals surface area contributed by atoms with Crippen LogP contribution in [0.3, 0.4) is 0 Å². The lowest BCUT2D eigenvalue weighted by Crippen LogP contribution is -2.33. The Labute approximate surface area is 107 Å². The fourth-order valence-corrected chi connectivity index (χ4v) is 3.57. The quantitative estimate of drug-likeness (QED) is 0.885. The third-order valence-electron chi connectivity index (χ3n) is 3.05. The molecule has 2 heterocycles. The van der Waals surface area contributed by atoms with Crippen molar-refractivity contribution in [3.05, 3.63) is 11.5 Å². The van der Waals surface area contributed by atoms with Crippen molar-refractivity contribution in [1.29, 1.82) is 0 Å². The second-order valence-corrected chi connectivity index (χ2v) is 6.29. The minimum Gasteiger partial charge on any atom is -0.381 e. The summed E-state index contributed by atoms with van der Waals surface area (Å²) in [6, 6.07) is 0. The summed E-state index contributed by atoms with van der Waals surface area (Å²) in [6.07, 6.45) is 1.97. The van der Waals surface area contributed by atoms with E-state index < -0.39 is 10.0 Å². The number of sulfonamides is 1. The lowest BCUT2D eigenvalue weighted by atomic mass is 10.0. The van der Waals surface area contributed by atoms with Gasteiger partial charge in [0.15, 0.2) is 5.76 Å². The van der Waals surface area contributed by atoms with Gasteiger partial charge in [-0.15, -0.1) is 0 Å². The Morgan fingerprint density at radius 1 is 1.44 bits per heavy atom. The van der Waals surface area contributed by atoms with E-state index in [0.29, 0.717) is 24.6 Å². The van der Waals surface area contributed by atoms with Crippen LogP contribution in [-0.4, -0.2) is 33.3 Å². The second-order valence-electron chi connectivity index (χ2n) is 4.59. The molecule has 1 fully saturated rings. The highest BCUT2D eigenvalue weighted by Gasteiger charge is 2.25. The molecule has 0 saturated carbocycles. The Hall–Kier alpha value is -0.920. The predicted molar refractivity (Wildman–Crippen MR) is 64.7 cm³/mol. The van der Waals surface area contributed by atoms with Gasteiger partial charge in [0.25, 0.3) is 0 Å². The molecule has 1 aliphatic rings. The fourth-order valence-electron chi connectivity index (χ4n) is 2.13. The first-order valence-corrected chi connectivity index (χ1v) is 7.49. The zero-order chi connectivity index (χ0) is 13.2. The van der Waals surface area contributed by atoms with Gasteiger partial charge in [-0.1, -0.05) is 5.16 Å². The molecule has 0 aromatic carbocycles. The van der Waals surface area contributed by atoms with Crippen molar-refractivity contribution in [1.82, 2.24) is 9.88 Å². The Kier molecular flexibility index (Phi) is 4.04. The average molecular weight is 274 g/mol. The van der Waals surface area contributed by atoms with Crippen LogP contribution >= 0.6 is 0 Å². The largest absolute Gasteiger partial charge is 0.381 e. The molecule has 0 spiro atoms. The van der Waals surface area contributed by atoms with Gasteiger partial charge < -0.3 is 9.26 Å². The Balaban J connectivity index is 2.03. The summed E-state index contributed by atoms with van der Waals surface area (Å²) in [7, 11) is -3.54. The first kappa shape index (κ1) is 13.5. The molecule has 6 nitrogen and oxygen atoms in total. The van der Waals surface area contributed by atoms with Gasteiger partial charge in [-0.05, 0) is 32.6 Å². The van der Waals surface area contributed by atoms with Crippen molar-refractivity contribution in [3.63, 3.8) is 0 Å². The normalized spacial score (nSPS) is 21.1. The summed E-state index contributed by atoms with van der Waals surface area (Å²) in [6.45, 7) is 5.00. The molecule has 1 N–H and O–H groups in total. The number of hydrogen-bond acceptors (Lipinski definition) is 5. The molecule has 0 amide bonds. The molecule has 0 aliphatic carbocycles. The molecule has 7 heteroatoms. The summed E-state index contributed by atoms with van der Waals surface area (Å²) >= 11 is 0. The number of ether oxygens (including phenoxy) is 1. The van der Waals surface area contributed by atoms with E-state index >= 15 is 0 Å². The zero-order valence-electron chi connectivity index (χ0n) is 10.6. The third-order valence-corrected chi connectivity index (χ3v) is 4.72. The smallest absolute Gasteiger partial charge is 0.245 e. The summed E-state index contributed by atoms with van der Waals surface area (Å²) in [5, 5.41) is 3.66. The van der Waals surface area contributed by atoms with Gasteiger partial charge in [0.1, 0.15) is 10.6 Å². The summed E-state index contributed by atoms with van der Waals surface area (Å²) in [4.78, 5) is 0.152. The number of rotatable bonds is 4. The lowest BCUT2D eigenvalue weighted by molar-refractivity contribution is 0.0568. The van der Waals surface area contributed by atoms with Crippen molar-refractivity contribution >= 4 is 10.0 Å². The van der Waals surface area contributed by atoms with Crippen LogP contribution in [0.15, 0.2) is 9.42 Å². The van der Waals surface area contributed by atoms with E-state index in [1.807, 2.05) is 0 Å². The van der Waals surface area contributed by atoms with Gasteiger partial charge in [0.2, 0.25) is 10.0 Å². The number of nitrogens with one attached hydrogen (secondary N) is 1. The van der Waals surface area contributed by atoms with Gasteiger partial charge in [-0.25, -0.2) is 13.1 Å². The standard InChI is InChI=1S/C11H18N2O4S/c1-8-11(9(2)17-13-8)18(14,15)12-6-10-4-3-5-16-7-10/h10,12H,3-7H2,1-2H3. The first-order valence-electron chi connectivity index (χ1n) is 6.01. The Morgan fingerprint density at radius 3 is 2.78 bits per heavy atom. The first-order chi connectivity index (χ1) is 8.50. The van der Waals surface area contributed by atoms with Crippen LogP contribution in [0, 0.1) is 19.8 Å². The molecule has 18 heavy (non-hydrogen) atoms. The Morgan fingerprint density at radius 2 is 2.22 bits per heavy atom. The SMILES string of the molecule is Cc1noc(C)c1S(=O)(=O)NCC1CCCOC1. The molecule has 1 aliphatic heterocycles. The van der Waals surface area contributed by atoms with Crippen LogP contribution in [0.5, 0.6) is 0 Å². The van der Waals surface area contributed by atoms with Gasteiger partial charge >= 0.3 is 0 Å². The monoisotopic (exact) mass is 274 g/mol. The maximum atomic E-state index is 12.1. The lowest BCUT2D eigenvalue weighted by Gasteiger charge is -2.22. The van der Waals surface area contributed by atoms with Crippen LogP contribution in [0.2, 0.25) is 0 Å². The van der Waals surface area contributed by atoms with Gasteiger partial charge in [-0.2, -0.15) is 0 Å². The zero-order valence-corrected chi connectivity index (χ0v) is 11.4. The molecule has 2 rings (SSSR count). The topological polar surface area (TPSA) is 81.4 Å². The molecule has 0 radical (unpaired) electrons. The van der Waals surface area contributed by atoms with E-state index in [0.717, 1.165) is 19.4 Å². The molecule has 1 aromatic heterocycles. The van der Waals surface area contributed by atoms with Crippen molar-refractivity contribution in [2.24, 2.45) is 5.92 Å². The van der Waals surface area contributed by atoms with Gasteiger partial charge in [0, 0.05) is 13.2 Å². The molecular formula is C11H18N2O4S. The van der Waals surface area contributed by atoms with Crippen LogP contribution in [0.25, 0.3) is 0 Å². The predicted octanol–water partition coefficient (Wildman–Crippen LogP) is 0.996. The Bertz CT molecular complexity index is 484. The molecule has 1 saturated heterocycles. The average Bonchev–Trinajstić information content (AvgIpc) is 2.69. The number of hydrogen-bond donors (Lipinski definition) is 1. The van der Waals surface area contributed by atoms with Crippen LogP contribution in [-0.2, 0) is 14.8 Å². The molecule has 0 bridgehead atoms. The van der Waals surface area contributed by atoms with Crippen LogP contribution in [0.4, 0.5) is 0 Å². The highest BCUT2D eigenvalue weighted by atomic mass is 32.2. The fraction of sp³-hybridized carbons (Fsp3) is 0.727. The third kappa shape index (κ3) is 2.90. The maximum absolute atomic E-state index is 12.1. The van der Waals surface area contributed by atoms with Crippen molar-refractivity contribution in [2.75, 3.05) is 19.8 Å². The van der Waals surface area contributed by atoms with E-state index in [1.54, 1.807) is 13.8 Å². The summed E-state index contributed by atoms with van der Waals surface area (Å²) in [5.41, 5.74) is 0.389. The van der Waals surface area contributed by atoms with Gasteiger partial charge in [-0.3, -0.25) is 0 Å². The molecular weight excluding hydrogens is 256 g/mol. The molecule has 1 unspecified atom stereocenters. The van der Waals surface area contributed by atoms with E-state index in [2.05, 4.69) is 9.88 Å². The minimum atomic E-state index is -3.54. The van der Waals surface area contributed by atoms with E-state index in [9.17, 15) is 8.42 Å². The van der Waals surface area contributed by atoms with E-state index in [1.165, 1.54) is 0 Å². The van der Waals surface area contributed by atoms with Crippen LogP contribution < -0.4 is 4.72 Å². The molecule has 1 aromatic rings. The van der Waals surface area contributed by atoms with E-state index in [-0.39, 0.29) is 10.8 Å².